The second-order valence-corrected chi connectivity index (χ2v) is 5.15. The maximum absolute atomic E-state index is 13.9. The molecule has 0 fully saturated rings. The molecule has 0 saturated heterocycles. The topological polar surface area (TPSA) is 93.5 Å². The summed E-state index contributed by atoms with van der Waals surface area (Å²) in [5.41, 5.74) is -1.39. The molecule has 1 aliphatic rings. The zero-order chi connectivity index (χ0) is 16.4. The van der Waals surface area contributed by atoms with E-state index < -0.39 is 34.2 Å². The van der Waals surface area contributed by atoms with E-state index >= 15 is 0 Å². The number of ketones is 2. The number of aliphatic hydroxyl groups excluding tert-OH is 1. The summed E-state index contributed by atoms with van der Waals surface area (Å²) < 4.78 is 13.9. The van der Waals surface area contributed by atoms with E-state index in [9.17, 15) is 14.0 Å². The first-order chi connectivity index (χ1) is 10.4. The highest BCUT2D eigenvalue weighted by Gasteiger charge is 2.37. The zero-order valence-corrected chi connectivity index (χ0v) is 12.2. The van der Waals surface area contributed by atoms with Crippen molar-refractivity contribution in [3.05, 3.63) is 40.9 Å². The lowest BCUT2D eigenvalue weighted by molar-refractivity contribution is 0.0992. The Morgan fingerprint density at radius 3 is 2.55 bits per heavy atom. The standard InChI is InChI=1S/C15H16FN3O3/c1-19(2)6-5-18-10-4-3-9(16)11-12(10)14(21)8(7-20)13(17)15(11)22/h3-4,7,17-18,20H,5-6H2,1-2H3/b8-7-,17-13?. The van der Waals surface area contributed by atoms with Crippen molar-refractivity contribution in [2.45, 2.75) is 0 Å². The number of aliphatic hydroxyl groups is 1. The van der Waals surface area contributed by atoms with Crippen LogP contribution in [0.3, 0.4) is 0 Å². The molecule has 0 bridgehead atoms. The first kappa shape index (κ1) is 15.8. The van der Waals surface area contributed by atoms with Crippen LogP contribution in [-0.2, 0) is 0 Å². The molecular weight excluding hydrogens is 289 g/mol. The number of benzene rings is 1. The lowest BCUT2D eigenvalue weighted by Gasteiger charge is -2.21. The molecule has 0 spiro atoms. The predicted molar refractivity (Wildman–Crippen MR) is 80.5 cm³/mol. The fourth-order valence-electron chi connectivity index (χ4n) is 2.22. The van der Waals surface area contributed by atoms with E-state index in [1.54, 1.807) is 0 Å². The Kier molecular flexibility index (Phi) is 4.37. The van der Waals surface area contributed by atoms with Crippen molar-refractivity contribution in [1.82, 2.24) is 4.90 Å². The number of Topliss-reactive ketones (excluding diaryl/α,β-unsaturated/α-hetero) is 2. The van der Waals surface area contributed by atoms with Gasteiger partial charge in [0.25, 0.3) is 0 Å². The van der Waals surface area contributed by atoms with Crippen molar-refractivity contribution in [2.24, 2.45) is 0 Å². The molecule has 2 rings (SSSR count). The monoisotopic (exact) mass is 305 g/mol. The molecule has 116 valence electrons. The quantitative estimate of drug-likeness (QED) is 0.581. The first-order valence-corrected chi connectivity index (χ1v) is 6.62. The third-order valence-electron chi connectivity index (χ3n) is 3.35. The number of likely N-dealkylation sites (N-methyl/N-ethyl adjacent to an activating group) is 1. The lowest BCUT2D eigenvalue weighted by Crippen LogP contribution is -2.32. The van der Waals surface area contributed by atoms with Crippen LogP contribution in [0.1, 0.15) is 20.7 Å². The first-order valence-electron chi connectivity index (χ1n) is 6.62. The number of nitrogens with one attached hydrogen (secondary N) is 2. The molecule has 22 heavy (non-hydrogen) atoms. The molecule has 1 aromatic carbocycles. The van der Waals surface area contributed by atoms with Gasteiger partial charge in [-0.1, -0.05) is 0 Å². The zero-order valence-electron chi connectivity index (χ0n) is 12.2. The number of halogens is 1. The van der Waals surface area contributed by atoms with Crippen molar-refractivity contribution in [3.8, 4) is 0 Å². The van der Waals surface area contributed by atoms with Gasteiger partial charge in [0.2, 0.25) is 11.6 Å². The van der Waals surface area contributed by atoms with Crippen molar-refractivity contribution < 1.29 is 19.1 Å². The third-order valence-corrected chi connectivity index (χ3v) is 3.35. The summed E-state index contributed by atoms with van der Waals surface area (Å²) in [7, 11) is 3.76. The second-order valence-electron chi connectivity index (χ2n) is 5.15. The maximum Gasteiger partial charge on any atom is 0.215 e. The smallest absolute Gasteiger partial charge is 0.215 e. The largest absolute Gasteiger partial charge is 0.515 e. The predicted octanol–water partition coefficient (Wildman–Crippen LogP) is 1.64. The van der Waals surface area contributed by atoms with E-state index in [1.165, 1.54) is 6.07 Å². The Bertz CT molecular complexity index is 696. The number of hydrogen-bond acceptors (Lipinski definition) is 6. The van der Waals surface area contributed by atoms with Crippen LogP contribution in [0.25, 0.3) is 0 Å². The molecule has 6 nitrogen and oxygen atoms in total. The second kappa shape index (κ2) is 6.07. The molecule has 1 aromatic rings. The van der Waals surface area contributed by atoms with Gasteiger partial charge in [0.1, 0.15) is 11.5 Å². The molecule has 0 unspecified atom stereocenters. The number of carbonyl (C=O) groups is 2. The van der Waals surface area contributed by atoms with Crippen LogP contribution >= 0.6 is 0 Å². The molecule has 0 aliphatic heterocycles. The van der Waals surface area contributed by atoms with E-state index in [1.807, 2.05) is 19.0 Å². The number of hydrogen-bond donors (Lipinski definition) is 3. The molecule has 0 heterocycles. The summed E-state index contributed by atoms with van der Waals surface area (Å²) >= 11 is 0. The van der Waals surface area contributed by atoms with E-state index in [0.717, 1.165) is 6.07 Å². The average Bonchev–Trinajstić information content (AvgIpc) is 2.46. The van der Waals surface area contributed by atoms with Gasteiger partial charge < -0.3 is 15.3 Å². The molecule has 0 atom stereocenters. The van der Waals surface area contributed by atoms with Gasteiger partial charge in [-0.05, 0) is 26.2 Å². The lowest BCUT2D eigenvalue weighted by atomic mass is 9.83. The minimum Gasteiger partial charge on any atom is -0.515 e. The van der Waals surface area contributed by atoms with Crippen LogP contribution in [0.5, 0.6) is 0 Å². The summed E-state index contributed by atoms with van der Waals surface area (Å²) in [6.45, 7) is 1.16. The number of carbonyl (C=O) groups excluding carboxylic acids is 2. The Hall–Kier alpha value is -2.54. The summed E-state index contributed by atoms with van der Waals surface area (Å²) in [6, 6.07) is 2.46. The maximum atomic E-state index is 13.9. The molecule has 3 N–H and O–H groups in total. The molecule has 0 aromatic heterocycles. The average molecular weight is 305 g/mol. The van der Waals surface area contributed by atoms with Crippen LogP contribution in [0.4, 0.5) is 10.1 Å². The van der Waals surface area contributed by atoms with E-state index in [-0.39, 0.29) is 5.56 Å². The molecule has 0 amide bonds. The van der Waals surface area contributed by atoms with Gasteiger partial charge in [-0.3, -0.25) is 15.0 Å². The molecular formula is C15H16FN3O3. The molecule has 0 saturated carbocycles. The van der Waals surface area contributed by atoms with Crippen molar-refractivity contribution in [2.75, 3.05) is 32.5 Å². The Balaban J connectivity index is 2.51. The summed E-state index contributed by atoms with van der Waals surface area (Å²) in [5.74, 6) is -2.51. The minimum atomic E-state index is -0.913. The Morgan fingerprint density at radius 2 is 1.95 bits per heavy atom. The highest BCUT2D eigenvalue weighted by molar-refractivity contribution is 6.60. The van der Waals surface area contributed by atoms with Gasteiger partial charge in [0, 0.05) is 18.8 Å². The SMILES string of the molecule is CN(C)CCNc1ccc(F)c2c1C(=O)/C(=C\O)C(=N)C2=O. The fourth-order valence-corrected chi connectivity index (χ4v) is 2.22. The van der Waals surface area contributed by atoms with Crippen LogP contribution in [0.2, 0.25) is 0 Å². The van der Waals surface area contributed by atoms with Crippen LogP contribution in [-0.4, -0.2) is 54.5 Å². The number of rotatable bonds is 4. The summed E-state index contributed by atoms with van der Waals surface area (Å²) in [4.78, 5) is 26.3. The summed E-state index contributed by atoms with van der Waals surface area (Å²) in [6.07, 6.45) is 0.417. The van der Waals surface area contributed by atoms with Crippen molar-refractivity contribution in [1.29, 1.82) is 5.41 Å². The van der Waals surface area contributed by atoms with Crippen LogP contribution in [0, 0.1) is 11.2 Å². The Labute approximate surface area is 126 Å². The fraction of sp³-hybridized carbons (Fsp3) is 0.267. The molecule has 7 heteroatoms. The van der Waals surface area contributed by atoms with Crippen molar-refractivity contribution in [3.63, 3.8) is 0 Å². The van der Waals surface area contributed by atoms with Crippen molar-refractivity contribution >= 4 is 23.0 Å². The Morgan fingerprint density at radius 1 is 1.27 bits per heavy atom. The number of allylic oxidation sites excluding steroid dienone is 1. The van der Waals surface area contributed by atoms with Gasteiger partial charge in [-0.2, -0.15) is 0 Å². The number of fused-ring (bicyclic) bond motifs is 1. The van der Waals surface area contributed by atoms with Gasteiger partial charge in [-0.25, -0.2) is 4.39 Å². The van der Waals surface area contributed by atoms with Crippen LogP contribution < -0.4 is 5.32 Å². The number of anilines is 1. The molecule has 0 radical (unpaired) electrons. The minimum absolute atomic E-state index is 0.139. The van der Waals surface area contributed by atoms with E-state index in [2.05, 4.69) is 5.32 Å². The van der Waals surface area contributed by atoms with E-state index in [4.69, 9.17) is 10.5 Å². The number of nitrogens with zero attached hydrogens (tertiary/aromatic N) is 1. The normalized spacial score (nSPS) is 16.4. The summed E-state index contributed by atoms with van der Waals surface area (Å²) in [5, 5.41) is 19.7. The van der Waals surface area contributed by atoms with Gasteiger partial charge in [0.15, 0.2) is 0 Å². The van der Waals surface area contributed by atoms with Crippen LogP contribution in [0.15, 0.2) is 24.0 Å². The highest BCUT2D eigenvalue weighted by atomic mass is 19.1. The third kappa shape index (κ3) is 2.62. The van der Waals surface area contributed by atoms with Gasteiger partial charge in [-0.15, -0.1) is 0 Å². The molecule has 1 aliphatic carbocycles. The van der Waals surface area contributed by atoms with Gasteiger partial charge >= 0.3 is 0 Å². The van der Waals surface area contributed by atoms with E-state index in [0.29, 0.717) is 25.0 Å². The van der Waals surface area contributed by atoms with Gasteiger partial charge in [0.05, 0.1) is 23.0 Å². The highest BCUT2D eigenvalue weighted by Crippen LogP contribution is 2.31.